The Balaban J connectivity index is 2.29. The number of amides is 1. The van der Waals surface area contributed by atoms with E-state index in [-0.39, 0.29) is 11.3 Å². The standard InChI is InChI=1S/C11H7ClN2O3S/c12-6-1-2-8(7(3-6)11(16)17)14-10(15)9-4-13-5-18-9/h1-5H,(H,14,15)(H,16,17). The molecule has 2 rings (SSSR count). The van der Waals surface area contributed by atoms with Gasteiger partial charge in [-0.2, -0.15) is 0 Å². The summed E-state index contributed by atoms with van der Waals surface area (Å²) in [6.07, 6.45) is 1.41. The lowest BCUT2D eigenvalue weighted by Gasteiger charge is -2.07. The smallest absolute Gasteiger partial charge is 0.337 e. The number of aromatic nitrogens is 1. The van der Waals surface area contributed by atoms with Crippen molar-refractivity contribution >= 4 is 40.5 Å². The van der Waals surface area contributed by atoms with Crippen LogP contribution in [0.5, 0.6) is 0 Å². The molecule has 0 unspecified atom stereocenters. The number of carbonyl (C=O) groups is 2. The Labute approximate surface area is 111 Å². The summed E-state index contributed by atoms with van der Waals surface area (Å²) in [4.78, 5) is 27.0. The molecule has 1 heterocycles. The maximum absolute atomic E-state index is 11.8. The van der Waals surface area contributed by atoms with Crippen LogP contribution in [0.1, 0.15) is 20.0 Å². The van der Waals surface area contributed by atoms with E-state index >= 15 is 0 Å². The Hall–Kier alpha value is -1.92. The number of hydrogen-bond acceptors (Lipinski definition) is 4. The van der Waals surface area contributed by atoms with Gasteiger partial charge >= 0.3 is 5.97 Å². The molecule has 0 aliphatic heterocycles. The number of carbonyl (C=O) groups excluding carboxylic acids is 1. The fourth-order valence-corrected chi connectivity index (χ4v) is 2.00. The highest BCUT2D eigenvalue weighted by Crippen LogP contribution is 2.21. The van der Waals surface area contributed by atoms with Crippen molar-refractivity contribution in [1.29, 1.82) is 0 Å². The molecule has 0 aliphatic carbocycles. The van der Waals surface area contributed by atoms with Crippen LogP contribution in [0.2, 0.25) is 5.02 Å². The molecule has 1 aromatic heterocycles. The Kier molecular flexibility index (Phi) is 3.59. The zero-order valence-electron chi connectivity index (χ0n) is 8.88. The van der Waals surface area contributed by atoms with Gasteiger partial charge in [0.1, 0.15) is 4.88 Å². The van der Waals surface area contributed by atoms with Crippen LogP contribution in [-0.4, -0.2) is 22.0 Å². The molecule has 1 amide bonds. The molecule has 0 saturated heterocycles. The van der Waals surface area contributed by atoms with E-state index in [1.54, 1.807) is 0 Å². The van der Waals surface area contributed by atoms with Crippen molar-refractivity contribution in [3.8, 4) is 0 Å². The van der Waals surface area contributed by atoms with Crippen molar-refractivity contribution in [3.63, 3.8) is 0 Å². The van der Waals surface area contributed by atoms with Gasteiger partial charge < -0.3 is 10.4 Å². The third-order valence-electron chi connectivity index (χ3n) is 2.12. The molecule has 92 valence electrons. The second kappa shape index (κ2) is 5.16. The first-order valence-corrected chi connectivity index (χ1v) is 6.06. The number of rotatable bonds is 3. The highest BCUT2D eigenvalue weighted by molar-refractivity contribution is 7.11. The van der Waals surface area contributed by atoms with Crippen molar-refractivity contribution in [3.05, 3.63) is 45.4 Å². The van der Waals surface area contributed by atoms with Gasteiger partial charge in [0, 0.05) is 5.02 Å². The van der Waals surface area contributed by atoms with Gasteiger partial charge in [-0.25, -0.2) is 4.79 Å². The van der Waals surface area contributed by atoms with E-state index in [4.69, 9.17) is 16.7 Å². The topological polar surface area (TPSA) is 79.3 Å². The number of halogens is 1. The molecule has 5 nitrogen and oxygen atoms in total. The van der Waals surface area contributed by atoms with E-state index in [1.807, 2.05) is 0 Å². The second-order valence-electron chi connectivity index (χ2n) is 3.31. The monoisotopic (exact) mass is 282 g/mol. The number of thiazole rings is 1. The van der Waals surface area contributed by atoms with Gasteiger partial charge in [-0.15, -0.1) is 11.3 Å². The van der Waals surface area contributed by atoms with Gasteiger partial charge in [-0.05, 0) is 18.2 Å². The SMILES string of the molecule is O=C(Nc1ccc(Cl)cc1C(=O)O)c1cncs1. The Bertz CT molecular complexity index is 598. The third-order valence-corrected chi connectivity index (χ3v) is 3.12. The van der Waals surface area contributed by atoms with Crippen molar-refractivity contribution in [2.24, 2.45) is 0 Å². The quantitative estimate of drug-likeness (QED) is 0.907. The van der Waals surface area contributed by atoms with Crippen LogP contribution >= 0.6 is 22.9 Å². The van der Waals surface area contributed by atoms with Crippen LogP contribution in [0.3, 0.4) is 0 Å². The molecule has 0 atom stereocenters. The van der Waals surface area contributed by atoms with Gasteiger partial charge in [-0.1, -0.05) is 11.6 Å². The van der Waals surface area contributed by atoms with Crippen molar-refractivity contribution < 1.29 is 14.7 Å². The number of carboxylic acids is 1. The van der Waals surface area contributed by atoms with E-state index in [0.29, 0.717) is 9.90 Å². The molecule has 0 spiro atoms. The molecule has 7 heteroatoms. The van der Waals surface area contributed by atoms with Crippen LogP contribution in [0.25, 0.3) is 0 Å². The summed E-state index contributed by atoms with van der Waals surface area (Å²) < 4.78 is 0. The minimum atomic E-state index is -1.16. The molecule has 0 aliphatic rings. The van der Waals surface area contributed by atoms with Gasteiger partial charge in [0.15, 0.2) is 0 Å². The van der Waals surface area contributed by atoms with E-state index in [9.17, 15) is 9.59 Å². The van der Waals surface area contributed by atoms with Gasteiger partial charge in [0.2, 0.25) is 0 Å². The van der Waals surface area contributed by atoms with Crippen molar-refractivity contribution in [1.82, 2.24) is 4.98 Å². The first kappa shape index (κ1) is 12.5. The minimum Gasteiger partial charge on any atom is -0.478 e. The first-order valence-electron chi connectivity index (χ1n) is 4.80. The number of carboxylic acid groups (broad SMARTS) is 1. The lowest BCUT2D eigenvalue weighted by atomic mass is 10.2. The van der Waals surface area contributed by atoms with E-state index in [0.717, 1.165) is 0 Å². The van der Waals surface area contributed by atoms with E-state index in [1.165, 1.54) is 41.2 Å². The first-order chi connectivity index (χ1) is 8.58. The Morgan fingerprint density at radius 3 is 2.78 bits per heavy atom. The number of hydrogen-bond donors (Lipinski definition) is 2. The van der Waals surface area contributed by atoms with Crippen LogP contribution in [-0.2, 0) is 0 Å². The zero-order valence-corrected chi connectivity index (χ0v) is 10.5. The molecule has 18 heavy (non-hydrogen) atoms. The summed E-state index contributed by atoms with van der Waals surface area (Å²) in [7, 11) is 0. The van der Waals surface area contributed by atoms with E-state index in [2.05, 4.69) is 10.3 Å². The highest BCUT2D eigenvalue weighted by atomic mass is 35.5. The van der Waals surface area contributed by atoms with Crippen LogP contribution in [0, 0.1) is 0 Å². The number of nitrogens with one attached hydrogen (secondary N) is 1. The predicted octanol–water partition coefficient (Wildman–Crippen LogP) is 2.75. The van der Waals surface area contributed by atoms with Crippen molar-refractivity contribution in [2.75, 3.05) is 5.32 Å². The van der Waals surface area contributed by atoms with Gasteiger partial charge in [0.05, 0.1) is 23.0 Å². The normalized spacial score (nSPS) is 10.1. The lowest BCUT2D eigenvalue weighted by Crippen LogP contribution is -2.13. The lowest BCUT2D eigenvalue weighted by molar-refractivity contribution is 0.0698. The molecule has 2 N–H and O–H groups in total. The molecule has 1 aromatic carbocycles. The minimum absolute atomic E-state index is 0.0552. The number of benzene rings is 1. The molecular weight excluding hydrogens is 276 g/mol. The molecule has 0 fully saturated rings. The summed E-state index contributed by atoms with van der Waals surface area (Å²) >= 11 is 6.88. The summed E-state index contributed by atoms with van der Waals surface area (Å²) in [5.41, 5.74) is 1.67. The third kappa shape index (κ3) is 2.66. The van der Waals surface area contributed by atoms with Gasteiger partial charge in [0.25, 0.3) is 5.91 Å². The summed E-state index contributed by atoms with van der Waals surface area (Å²) in [6.45, 7) is 0. The predicted molar refractivity (Wildman–Crippen MR) is 68.5 cm³/mol. The van der Waals surface area contributed by atoms with Crippen LogP contribution in [0.15, 0.2) is 29.9 Å². The summed E-state index contributed by atoms with van der Waals surface area (Å²) in [5, 5.41) is 11.8. The fraction of sp³-hybridized carbons (Fsp3) is 0. The second-order valence-corrected chi connectivity index (χ2v) is 4.64. The number of anilines is 1. The molecule has 2 aromatic rings. The van der Waals surface area contributed by atoms with Crippen LogP contribution in [0.4, 0.5) is 5.69 Å². The summed E-state index contributed by atoms with van der Waals surface area (Å²) in [5.74, 6) is -1.56. The zero-order chi connectivity index (χ0) is 13.1. The Morgan fingerprint density at radius 1 is 1.39 bits per heavy atom. The van der Waals surface area contributed by atoms with Crippen LogP contribution < -0.4 is 5.32 Å². The molecule has 0 saturated carbocycles. The Morgan fingerprint density at radius 2 is 2.17 bits per heavy atom. The fourth-order valence-electron chi connectivity index (χ4n) is 1.31. The van der Waals surface area contributed by atoms with Crippen molar-refractivity contribution in [2.45, 2.75) is 0 Å². The maximum Gasteiger partial charge on any atom is 0.337 e. The maximum atomic E-state index is 11.8. The number of nitrogens with zero attached hydrogens (tertiary/aromatic N) is 1. The largest absolute Gasteiger partial charge is 0.478 e. The van der Waals surface area contributed by atoms with E-state index < -0.39 is 11.9 Å². The highest BCUT2D eigenvalue weighted by Gasteiger charge is 2.14. The summed E-state index contributed by atoms with van der Waals surface area (Å²) in [6, 6.07) is 4.24. The number of aromatic carboxylic acids is 1. The average Bonchev–Trinajstić information content (AvgIpc) is 2.84. The molecule has 0 radical (unpaired) electrons. The average molecular weight is 283 g/mol. The van der Waals surface area contributed by atoms with Gasteiger partial charge in [-0.3, -0.25) is 9.78 Å². The molecule has 0 bridgehead atoms. The molecular formula is C11H7ClN2O3S.